The van der Waals surface area contributed by atoms with Gasteiger partial charge in [0.1, 0.15) is 11.7 Å². The van der Waals surface area contributed by atoms with Crippen LogP contribution in [0.3, 0.4) is 0 Å². The number of benzene rings is 2. The Labute approximate surface area is 170 Å². The molecular weight excluding hydrogens is 362 g/mol. The van der Waals surface area contributed by atoms with Crippen LogP contribution in [0.1, 0.15) is 12.8 Å². The van der Waals surface area contributed by atoms with Gasteiger partial charge in [0.05, 0.1) is 31.7 Å². The number of carbonyl (C=O) groups is 1. The van der Waals surface area contributed by atoms with E-state index in [1.807, 2.05) is 59.4 Å². The number of aromatic nitrogens is 3. The highest BCUT2D eigenvalue weighted by Gasteiger charge is 2.46. The maximum absolute atomic E-state index is 12.8. The number of amides is 1. The summed E-state index contributed by atoms with van der Waals surface area (Å²) in [4.78, 5) is 14.4. The van der Waals surface area contributed by atoms with E-state index in [-0.39, 0.29) is 11.8 Å². The quantitative estimate of drug-likeness (QED) is 0.702. The molecule has 4 atom stereocenters. The molecule has 2 bridgehead atoms. The number of nitrogens with zero attached hydrogens (tertiary/aromatic N) is 3. The van der Waals surface area contributed by atoms with Crippen molar-refractivity contribution in [1.29, 1.82) is 0 Å². The van der Waals surface area contributed by atoms with Crippen molar-refractivity contribution in [2.75, 3.05) is 18.4 Å². The predicted octanol–water partition coefficient (Wildman–Crippen LogP) is 1.88. The van der Waals surface area contributed by atoms with Gasteiger partial charge in [-0.25, -0.2) is 4.68 Å². The lowest BCUT2D eigenvalue weighted by Crippen LogP contribution is -3.20. The van der Waals surface area contributed by atoms with Gasteiger partial charge in [0.2, 0.25) is 5.91 Å². The summed E-state index contributed by atoms with van der Waals surface area (Å²) in [6.45, 7) is 2.91. The topological polar surface area (TPSA) is 64.2 Å². The largest absolute Gasteiger partial charge is 0.330 e. The number of anilines is 1. The molecule has 2 N–H and O–H groups in total. The van der Waals surface area contributed by atoms with Gasteiger partial charge in [0, 0.05) is 24.1 Å². The molecule has 148 valence electrons. The fourth-order valence-corrected chi connectivity index (χ4v) is 4.93. The maximum atomic E-state index is 12.8. The summed E-state index contributed by atoms with van der Waals surface area (Å²) < 4.78 is 1.97. The molecule has 3 fully saturated rings. The summed E-state index contributed by atoms with van der Waals surface area (Å²) in [5.41, 5.74) is 2.89. The van der Waals surface area contributed by atoms with E-state index in [2.05, 4.69) is 27.8 Å². The molecule has 0 aliphatic carbocycles. The molecule has 3 aromatic rings. The third-order valence-corrected chi connectivity index (χ3v) is 6.45. The van der Waals surface area contributed by atoms with Crippen molar-refractivity contribution < 1.29 is 9.69 Å². The zero-order chi connectivity index (χ0) is 19.6. The Morgan fingerprint density at radius 2 is 1.86 bits per heavy atom. The number of nitrogens with one attached hydrogen (secondary N) is 2. The van der Waals surface area contributed by atoms with Crippen molar-refractivity contribution in [3.05, 3.63) is 66.9 Å². The van der Waals surface area contributed by atoms with Gasteiger partial charge in [0.25, 0.3) is 0 Å². The van der Waals surface area contributed by atoms with Gasteiger partial charge in [-0.05, 0) is 18.1 Å². The first-order valence-electron chi connectivity index (χ1n) is 10.4. The first-order chi connectivity index (χ1) is 14.3. The molecule has 0 saturated carbocycles. The second kappa shape index (κ2) is 7.79. The van der Waals surface area contributed by atoms with Gasteiger partial charge < -0.3 is 10.2 Å². The van der Waals surface area contributed by atoms with Gasteiger partial charge >= 0.3 is 0 Å². The van der Waals surface area contributed by atoms with Crippen LogP contribution in [0.2, 0.25) is 0 Å². The van der Waals surface area contributed by atoms with Crippen molar-refractivity contribution in [2.45, 2.75) is 25.4 Å². The molecule has 0 radical (unpaired) electrons. The average Bonchev–Trinajstić information content (AvgIpc) is 3.24. The third kappa shape index (κ3) is 3.80. The summed E-state index contributed by atoms with van der Waals surface area (Å²) >= 11 is 0. The zero-order valence-electron chi connectivity index (χ0n) is 16.4. The Morgan fingerprint density at radius 3 is 2.59 bits per heavy atom. The molecule has 1 amide bonds. The van der Waals surface area contributed by atoms with Crippen LogP contribution in [-0.4, -0.2) is 40.0 Å². The Morgan fingerprint density at radius 1 is 1.10 bits per heavy atom. The number of hydrogen-bond acceptors (Lipinski definition) is 3. The average molecular weight is 388 g/mol. The number of fused-ring (bicyclic) bond motifs is 3. The van der Waals surface area contributed by atoms with Crippen LogP contribution in [-0.2, 0) is 11.3 Å². The molecule has 3 saturated heterocycles. The van der Waals surface area contributed by atoms with E-state index in [0.717, 1.165) is 49.4 Å². The zero-order valence-corrected chi connectivity index (χ0v) is 16.4. The van der Waals surface area contributed by atoms with E-state index in [4.69, 9.17) is 0 Å². The molecule has 6 nitrogen and oxygen atoms in total. The first kappa shape index (κ1) is 18.1. The molecular formula is C23H26N5O+. The minimum Gasteiger partial charge on any atom is -0.330 e. The maximum Gasteiger partial charge on any atom is 0.233 e. The first-order valence-corrected chi connectivity index (χ1v) is 10.4. The monoisotopic (exact) mass is 388 g/mol. The van der Waals surface area contributed by atoms with Crippen molar-refractivity contribution in [2.24, 2.45) is 11.8 Å². The SMILES string of the molecule is O=C(Nc1ccccc1)[C@H]1C[NH+]2CC[C@H]1C[C@@H]2Cn1cc(-c2ccccc2)nn1. The van der Waals surface area contributed by atoms with Gasteiger partial charge in [0.15, 0.2) is 0 Å². The van der Waals surface area contributed by atoms with Crippen molar-refractivity contribution in [3.63, 3.8) is 0 Å². The fourth-order valence-electron chi connectivity index (χ4n) is 4.93. The van der Waals surface area contributed by atoms with Crippen LogP contribution >= 0.6 is 0 Å². The normalized spacial score (nSPS) is 25.7. The van der Waals surface area contributed by atoms with Crippen LogP contribution in [0.4, 0.5) is 5.69 Å². The second-order valence-electron chi connectivity index (χ2n) is 8.25. The third-order valence-electron chi connectivity index (χ3n) is 6.45. The smallest absolute Gasteiger partial charge is 0.233 e. The van der Waals surface area contributed by atoms with E-state index in [0.29, 0.717) is 12.0 Å². The molecule has 4 heterocycles. The number of hydrogen-bond donors (Lipinski definition) is 2. The summed E-state index contributed by atoms with van der Waals surface area (Å²) in [6, 6.07) is 20.4. The Kier molecular flexibility index (Phi) is 4.86. The van der Waals surface area contributed by atoms with E-state index in [1.165, 1.54) is 4.90 Å². The molecule has 3 aliphatic rings. The van der Waals surface area contributed by atoms with Crippen molar-refractivity contribution >= 4 is 11.6 Å². The molecule has 3 aliphatic heterocycles. The number of piperidine rings is 3. The van der Waals surface area contributed by atoms with E-state index < -0.39 is 0 Å². The Hall–Kier alpha value is -2.99. The molecule has 1 unspecified atom stereocenters. The summed E-state index contributed by atoms with van der Waals surface area (Å²) in [6.07, 6.45) is 4.24. The molecule has 29 heavy (non-hydrogen) atoms. The fraction of sp³-hybridized carbons (Fsp3) is 0.348. The van der Waals surface area contributed by atoms with Crippen LogP contribution in [0.5, 0.6) is 0 Å². The van der Waals surface area contributed by atoms with Crippen molar-refractivity contribution in [1.82, 2.24) is 15.0 Å². The minimum atomic E-state index is 0.103. The molecule has 2 aromatic carbocycles. The van der Waals surface area contributed by atoms with Gasteiger partial charge in [-0.3, -0.25) is 4.79 Å². The molecule has 0 spiro atoms. The number of carbonyl (C=O) groups excluding carboxylic acids is 1. The van der Waals surface area contributed by atoms with E-state index >= 15 is 0 Å². The van der Waals surface area contributed by atoms with Crippen molar-refractivity contribution in [3.8, 4) is 11.3 Å². The summed E-state index contributed by atoms with van der Waals surface area (Å²) in [5.74, 6) is 0.730. The number of rotatable bonds is 5. The van der Waals surface area contributed by atoms with Crippen LogP contribution in [0.25, 0.3) is 11.3 Å². The number of para-hydroxylation sites is 1. The highest BCUT2D eigenvalue weighted by atomic mass is 16.2. The summed E-state index contributed by atoms with van der Waals surface area (Å²) in [7, 11) is 0. The van der Waals surface area contributed by atoms with Gasteiger partial charge in [-0.15, -0.1) is 5.10 Å². The molecule has 1 aromatic heterocycles. The van der Waals surface area contributed by atoms with Gasteiger partial charge in [-0.1, -0.05) is 53.7 Å². The highest BCUT2D eigenvalue weighted by molar-refractivity contribution is 5.92. The van der Waals surface area contributed by atoms with Crippen LogP contribution in [0.15, 0.2) is 66.9 Å². The minimum absolute atomic E-state index is 0.103. The van der Waals surface area contributed by atoms with Gasteiger partial charge in [-0.2, -0.15) is 0 Å². The molecule has 6 rings (SSSR count). The van der Waals surface area contributed by atoms with E-state index in [9.17, 15) is 4.79 Å². The standard InChI is InChI=1S/C23H25N5O/c29-23(24-19-9-5-2-6-10-19)21-15-27-12-11-18(21)13-20(27)14-28-16-22(25-26-28)17-7-3-1-4-8-17/h1-10,16,18,20-21H,11-15H2,(H,24,29)/p+1/t18-,20+,21-/m0/s1. The highest BCUT2D eigenvalue weighted by Crippen LogP contribution is 2.28. The lowest BCUT2D eigenvalue weighted by atomic mass is 9.75. The lowest BCUT2D eigenvalue weighted by molar-refractivity contribution is -0.945. The summed E-state index contributed by atoms with van der Waals surface area (Å²) in [5, 5.41) is 11.8. The van der Waals surface area contributed by atoms with Crippen LogP contribution in [0, 0.1) is 11.8 Å². The van der Waals surface area contributed by atoms with Crippen LogP contribution < -0.4 is 10.2 Å². The Bertz CT molecular complexity index is 971. The molecule has 6 heteroatoms. The lowest BCUT2D eigenvalue weighted by Gasteiger charge is -2.46. The second-order valence-corrected chi connectivity index (χ2v) is 8.25. The number of quaternary nitrogens is 1. The Balaban J connectivity index is 1.23. The predicted molar refractivity (Wildman–Crippen MR) is 111 cm³/mol. The van der Waals surface area contributed by atoms with E-state index in [1.54, 1.807) is 0 Å².